The van der Waals surface area contributed by atoms with Crippen molar-refractivity contribution in [3.8, 4) is 5.75 Å². The Kier molecular flexibility index (Phi) is 6.72. The van der Waals surface area contributed by atoms with E-state index in [1.165, 1.54) is 49.4 Å². The Hall–Kier alpha value is -3.96. The minimum atomic E-state index is -4.30. The lowest BCUT2D eigenvalue weighted by Crippen LogP contribution is -2.27. The molecule has 1 heterocycles. The molecule has 0 spiro atoms. The van der Waals surface area contributed by atoms with Gasteiger partial charge in [0.15, 0.2) is 0 Å². The molecule has 0 aromatic heterocycles. The molecule has 9 nitrogen and oxygen atoms in total. The van der Waals surface area contributed by atoms with Crippen LogP contribution >= 0.6 is 11.8 Å². The molecule has 0 atom stereocenters. The quantitative estimate of drug-likeness (QED) is 0.190. The summed E-state index contributed by atoms with van der Waals surface area (Å²) in [6, 6.07) is 18.5. The van der Waals surface area contributed by atoms with Gasteiger partial charge in [0, 0.05) is 11.6 Å². The summed E-state index contributed by atoms with van der Waals surface area (Å²) in [5, 5.41) is 10.7. The normalized spacial score (nSPS) is 15.0. The van der Waals surface area contributed by atoms with Crippen LogP contribution in [0.2, 0.25) is 0 Å². The predicted molar refractivity (Wildman–Crippen MR) is 130 cm³/mol. The van der Waals surface area contributed by atoms with Crippen LogP contribution < -0.4 is 4.18 Å². The lowest BCUT2D eigenvalue weighted by molar-refractivity contribution is -0.385. The third kappa shape index (κ3) is 5.42. The van der Waals surface area contributed by atoms with Gasteiger partial charge in [-0.05, 0) is 54.1 Å². The van der Waals surface area contributed by atoms with Gasteiger partial charge in [-0.25, -0.2) is 0 Å². The third-order valence-electron chi connectivity index (χ3n) is 5.11. The number of carbonyl (C=O) groups is 2. The van der Waals surface area contributed by atoms with E-state index in [1.807, 2.05) is 30.3 Å². The van der Waals surface area contributed by atoms with Crippen LogP contribution in [0.15, 0.2) is 82.6 Å². The first-order valence-corrected chi connectivity index (χ1v) is 12.5. The van der Waals surface area contributed by atoms with E-state index in [2.05, 4.69) is 0 Å². The molecule has 1 aliphatic rings. The number of thioether (sulfide) groups is 1. The third-order valence-corrected chi connectivity index (χ3v) is 7.26. The van der Waals surface area contributed by atoms with E-state index < -0.39 is 20.9 Å². The Morgan fingerprint density at radius 3 is 2.37 bits per heavy atom. The number of benzene rings is 3. The second kappa shape index (κ2) is 9.72. The van der Waals surface area contributed by atoms with Crippen LogP contribution in [0.3, 0.4) is 0 Å². The lowest BCUT2D eigenvalue weighted by atomic mass is 10.2. The molecule has 0 bridgehead atoms. The Labute approximate surface area is 205 Å². The van der Waals surface area contributed by atoms with Crippen molar-refractivity contribution in [2.24, 2.45) is 0 Å². The number of nitro groups is 1. The molecular formula is C24H18N2O7S2. The minimum Gasteiger partial charge on any atom is -0.379 e. The summed E-state index contributed by atoms with van der Waals surface area (Å²) in [6.45, 7) is 1.68. The van der Waals surface area contributed by atoms with Crippen molar-refractivity contribution in [2.75, 3.05) is 0 Å². The van der Waals surface area contributed by atoms with Crippen LogP contribution in [-0.4, -0.2) is 29.4 Å². The Morgan fingerprint density at radius 1 is 1.03 bits per heavy atom. The highest BCUT2D eigenvalue weighted by Crippen LogP contribution is 2.33. The van der Waals surface area contributed by atoms with E-state index >= 15 is 0 Å². The van der Waals surface area contributed by atoms with Gasteiger partial charge in [0.25, 0.3) is 16.8 Å². The van der Waals surface area contributed by atoms with Crippen molar-refractivity contribution < 1.29 is 27.1 Å². The number of hydrogen-bond donors (Lipinski definition) is 0. The van der Waals surface area contributed by atoms with Crippen LogP contribution in [0.5, 0.6) is 5.75 Å². The zero-order valence-corrected chi connectivity index (χ0v) is 19.9. The fraction of sp³-hybridized carbons (Fsp3) is 0.0833. The molecule has 3 aromatic rings. The summed E-state index contributed by atoms with van der Waals surface area (Å²) in [7, 11) is -4.30. The van der Waals surface area contributed by atoms with E-state index in [1.54, 1.807) is 0 Å². The summed E-state index contributed by atoms with van der Waals surface area (Å²) in [5.74, 6) is -0.421. The molecular weight excluding hydrogens is 492 g/mol. The smallest absolute Gasteiger partial charge is 0.339 e. The predicted octanol–water partition coefficient (Wildman–Crippen LogP) is 4.91. The molecule has 3 aromatic carbocycles. The first-order chi connectivity index (χ1) is 16.6. The second-order valence-electron chi connectivity index (χ2n) is 7.57. The molecule has 11 heteroatoms. The Bertz CT molecular complexity index is 1450. The van der Waals surface area contributed by atoms with Gasteiger partial charge in [0.1, 0.15) is 10.6 Å². The SMILES string of the molecule is Cc1ccc(S(=O)(=O)Oc2ccc(/C=C3\SC(=O)N(Cc4ccccc4)C3=O)cc2)cc1[N+](=O)[O-]. The molecule has 178 valence electrons. The molecule has 0 aliphatic carbocycles. The number of imide groups is 1. The van der Waals surface area contributed by atoms with E-state index in [4.69, 9.17) is 4.18 Å². The Morgan fingerprint density at radius 2 is 1.71 bits per heavy atom. The van der Waals surface area contributed by atoms with Crippen molar-refractivity contribution in [2.45, 2.75) is 18.4 Å². The van der Waals surface area contributed by atoms with E-state index in [9.17, 15) is 28.1 Å². The van der Waals surface area contributed by atoms with Crippen molar-refractivity contribution in [3.05, 3.63) is 105 Å². The highest BCUT2D eigenvalue weighted by atomic mass is 32.2. The van der Waals surface area contributed by atoms with Gasteiger partial charge in [-0.1, -0.05) is 48.5 Å². The maximum Gasteiger partial charge on any atom is 0.339 e. The van der Waals surface area contributed by atoms with E-state index in [-0.39, 0.29) is 33.0 Å². The summed E-state index contributed by atoms with van der Waals surface area (Å²) in [6.07, 6.45) is 1.54. The Balaban J connectivity index is 1.48. The number of nitro benzene ring substituents is 1. The second-order valence-corrected chi connectivity index (χ2v) is 10.1. The molecule has 35 heavy (non-hydrogen) atoms. The zero-order chi connectivity index (χ0) is 25.2. The zero-order valence-electron chi connectivity index (χ0n) is 18.3. The number of rotatable bonds is 7. The number of carbonyl (C=O) groups excluding carboxylic acids is 2. The summed E-state index contributed by atoms with van der Waals surface area (Å²) >= 11 is 0.828. The van der Waals surface area contributed by atoms with Crippen LogP contribution in [0.4, 0.5) is 10.5 Å². The van der Waals surface area contributed by atoms with Gasteiger partial charge in [-0.15, -0.1) is 0 Å². The number of hydrogen-bond acceptors (Lipinski definition) is 8. The van der Waals surface area contributed by atoms with Crippen LogP contribution in [-0.2, 0) is 21.5 Å². The average molecular weight is 511 g/mol. The molecule has 1 saturated heterocycles. The van der Waals surface area contributed by atoms with Crippen molar-refractivity contribution in [1.29, 1.82) is 0 Å². The van der Waals surface area contributed by atoms with Gasteiger partial charge < -0.3 is 4.18 Å². The maximum atomic E-state index is 12.7. The van der Waals surface area contributed by atoms with Gasteiger partial charge in [0.05, 0.1) is 16.4 Å². The average Bonchev–Trinajstić information content (AvgIpc) is 3.08. The van der Waals surface area contributed by atoms with E-state index in [0.29, 0.717) is 11.1 Å². The monoisotopic (exact) mass is 510 g/mol. The molecule has 0 saturated carbocycles. The van der Waals surface area contributed by atoms with Crippen LogP contribution in [0.25, 0.3) is 6.08 Å². The van der Waals surface area contributed by atoms with E-state index in [0.717, 1.165) is 28.3 Å². The van der Waals surface area contributed by atoms with Crippen molar-refractivity contribution in [3.63, 3.8) is 0 Å². The largest absolute Gasteiger partial charge is 0.379 e. The molecule has 0 N–H and O–H groups in total. The van der Waals surface area contributed by atoms with Gasteiger partial charge in [0.2, 0.25) is 0 Å². The van der Waals surface area contributed by atoms with Crippen molar-refractivity contribution >= 4 is 44.8 Å². The highest BCUT2D eigenvalue weighted by molar-refractivity contribution is 8.18. The molecule has 1 fully saturated rings. The van der Waals surface area contributed by atoms with Gasteiger partial charge in [-0.3, -0.25) is 24.6 Å². The number of nitrogens with zero attached hydrogens (tertiary/aromatic N) is 2. The highest BCUT2D eigenvalue weighted by Gasteiger charge is 2.35. The van der Waals surface area contributed by atoms with Gasteiger partial charge >= 0.3 is 10.1 Å². The maximum absolute atomic E-state index is 12.7. The summed E-state index contributed by atoms with van der Waals surface area (Å²) < 4.78 is 30.2. The number of amides is 2. The van der Waals surface area contributed by atoms with Crippen molar-refractivity contribution in [1.82, 2.24) is 4.90 Å². The summed E-state index contributed by atoms with van der Waals surface area (Å²) in [5.41, 5.74) is 1.39. The standard InChI is InChI=1S/C24H18N2O7S2/c1-16-7-12-20(14-21(16)26(29)30)35(31,32)33-19-10-8-17(9-11-19)13-22-23(27)25(24(28)34-22)15-18-5-3-2-4-6-18/h2-14H,15H2,1H3/b22-13-. The fourth-order valence-corrected chi connectivity index (χ4v) is 5.08. The van der Waals surface area contributed by atoms with Crippen LogP contribution in [0.1, 0.15) is 16.7 Å². The minimum absolute atomic E-state index is 0.0115. The first-order valence-electron chi connectivity index (χ1n) is 10.2. The molecule has 2 amide bonds. The molecule has 0 unspecified atom stereocenters. The lowest BCUT2D eigenvalue weighted by Gasteiger charge is -2.12. The fourth-order valence-electron chi connectivity index (χ4n) is 3.29. The molecule has 1 aliphatic heterocycles. The number of aryl methyl sites for hydroxylation is 1. The first kappa shape index (κ1) is 24.2. The topological polar surface area (TPSA) is 124 Å². The summed E-state index contributed by atoms with van der Waals surface area (Å²) in [4.78, 5) is 36.5. The molecule has 4 rings (SSSR count). The molecule has 0 radical (unpaired) electrons. The van der Waals surface area contributed by atoms with Crippen LogP contribution in [0, 0.1) is 17.0 Å². The van der Waals surface area contributed by atoms with Gasteiger partial charge in [-0.2, -0.15) is 8.42 Å².